The SMILES string of the molecule is COc1ccc(S(=O)(=O)n2nc(Nc3ccccc3)cc2Nc2ccccc2)cc1. The first-order valence-corrected chi connectivity index (χ1v) is 10.6. The summed E-state index contributed by atoms with van der Waals surface area (Å²) in [6, 6.07) is 26.6. The van der Waals surface area contributed by atoms with E-state index in [9.17, 15) is 8.42 Å². The van der Waals surface area contributed by atoms with Crippen molar-refractivity contribution in [2.24, 2.45) is 0 Å². The molecule has 152 valence electrons. The molecule has 0 aliphatic rings. The van der Waals surface area contributed by atoms with Crippen molar-refractivity contribution >= 4 is 33.0 Å². The number of hydrogen-bond acceptors (Lipinski definition) is 6. The number of rotatable bonds is 7. The van der Waals surface area contributed by atoms with E-state index in [2.05, 4.69) is 15.7 Å². The quantitative estimate of drug-likeness (QED) is 0.454. The molecule has 7 nitrogen and oxygen atoms in total. The zero-order chi connectivity index (χ0) is 21.0. The van der Waals surface area contributed by atoms with Gasteiger partial charge in [-0.2, -0.15) is 8.42 Å². The van der Waals surface area contributed by atoms with E-state index in [-0.39, 0.29) is 4.90 Å². The van der Waals surface area contributed by atoms with Crippen LogP contribution in [0.3, 0.4) is 0 Å². The highest BCUT2D eigenvalue weighted by Crippen LogP contribution is 2.27. The first-order valence-electron chi connectivity index (χ1n) is 9.20. The van der Waals surface area contributed by atoms with Crippen LogP contribution in [0.5, 0.6) is 5.75 Å². The maximum absolute atomic E-state index is 13.3. The summed E-state index contributed by atoms with van der Waals surface area (Å²) < 4.78 is 32.7. The predicted molar refractivity (Wildman–Crippen MR) is 117 cm³/mol. The summed E-state index contributed by atoms with van der Waals surface area (Å²) in [6.45, 7) is 0. The monoisotopic (exact) mass is 420 g/mol. The predicted octanol–water partition coefficient (Wildman–Crippen LogP) is 4.62. The first-order chi connectivity index (χ1) is 14.6. The van der Waals surface area contributed by atoms with Gasteiger partial charge < -0.3 is 15.4 Å². The Balaban J connectivity index is 1.75. The fourth-order valence-corrected chi connectivity index (χ4v) is 4.11. The standard InChI is InChI=1S/C22H20N4O3S/c1-29-19-12-14-20(15-13-19)30(27,28)26-22(24-18-10-6-3-7-11-18)16-21(25-26)23-17-8-4-2-5-9-17/h2-16,24H,1H3,(H,23,25). The average molecular weight is 420 g/mol. The lowest BCUT2D eigenvalue weighted by Crippen LogP contribution is -2.16. The van der Waals surface area contributed by atoms with Crippen LogP contribution >= 0.6 is 0 Å². The molecule has 0 bridgehead atoms. The third kappa shape index (κ3) is 4.13. The molecule has 0 atom stereocenters. The van der Waals surface area contributed by atoms with Crippen molar-refractivity contribution in [1.82, 2.24) is 9.19 Å². The largest absolute Gasteiger partial charge is 0.497 e. The second-order valence-corrected chi connectivity index (χ2v) is 8.19. The molecule has 3 aromatic carbocycles. The molecule has 1 aromatic heterocycles. The molecule has 0 saturated heterocycles. The van der Waals surface area contributed by atoms with E-state index < -0.39 is 10.0 Å². The number of para-hydroxylation sites is 2. The molecule has 4 rings (SSSR count). The second kappa shape index (κ2) is 8.30. The van der Waals surface area contributed by atoms with Gasteiger partial charge in [0, 0.05) is 17.4 Å². The Morgan fingerprint density at radius 2 is 1.37 bits per heavy atom. The van der Waals surface area contributed by atoms with Crippen molar-refractivity contribution in [3.05, 3.63) is 91.0 Å². The third-order valence-electron chi connectivity index (χ3n) is 4.36. The van der Waals surface area contributed by atoms with Crippen molar-refractivity contribution < 1.29 is 13.2 Å². The smallest absolute Gasteiger partial charge is 0.284 e. The van der Waals surface area contributed by atoms with Crippen LogP contribution in [0, 0.1) is 0 Å². The van der Waals surface area contributed by atoms with E-state index in [1.807, 2.05) is 60.7 Å². The van der Waals surface area contributed by atoms with E-state index in [0.717, 1.165) is 15.5 Å². The van der Waals surface area contributed by atoms with E-state index in [4.69, 9.17) is 4.74 Å². The molecule has 0 amide bonds. The average Bonchev–Trinajstić information content (AvgIpc) is 3.18. The molecule has 0 saturated carbocycles. The van der Waals surface area contributed by atoms with E-state index in [0.29, 0.717) is 17.4 Å². The van der Waals surface area contributed by atoms with Gasteiger partial charge in [-0.15, -0.1) is 9.19 Å². The van der Waals surface area contributed by atoms with Crippen molar-refractivity contribution in [3.8, 4) is 5.75 Å². The second-order valence-electron chi connectivity index (χ2n) is 6.42. The topological polar surface area (TPSA) is 85.2 Å². The third-order valence-corrected chi connectivity index (χ3v) is 5.96. The summed E-state index contributed by atoms with van der Waals surface area (Å²) in [4.78, 5) is 0.105. The molecule has 2 N–H and O–H groups in total. The van der Waals surface area contributed by atoms with Crippen molar-refractivity contribution in [2.75, 3.05) is 17.7 Å². The van der Waals surface area contributed by atoms with E-state index >= 15 is 0 Å². The summed E-state index contributed by atoms with van der Waals surface area (Å²) in [5.74, 6) is 1.29. The van der Waals surface area contributed by atoms with Crippen LogP contribution in [-0.4, -0.2) is 24.7 Å². The molecule has 0 aliphatic carbocycles. The molecule has 0 fully saturated rings. The summed E-state index contributed by atoms with van der Waals surface area (Å²) >= 11 is 0. The molecular weight excluding hydrogens is 400 g/mol. The highest BCUT2D eigenvalue weighted by Gasteiger charge is 2.23. The van der Waals surface area contributed by atoms with Gasteiger partial charge in [-0.25, -0.2) is 0 Å². The molecule has 0 aliphatic heterocycles. The number of nitrogens with zero attached hydrogens (tertiary/aromatic N) is 2. The normalized spacial score (nSPS) is 11.1. The van der Waals surface area contributed by atoms with Crippen LogP contribution in [0.2, 0.25) is 0 Å². The number of methoxy groups -OCH3 is 1. The Morgan fingerprint density at radius 1 is 0.800 bits per heavy atom. The van der Waals surface area contributed by atoms with Crippen LogP contribution in [-0.2, 0) is 10.0 Å². The highest BCUT2D eigenvalue weighted by molar-refractivity contribution is 7.90. The van der Waals surface area contributed by atoms with Gasteiger partial charge in [0.2, 0.25) is 0 Å². The number of aromatic nitrogens is 2. The van der Waals surface area contributed by atoms with Crippen LogP contribution in [0.4, 0.5) is 23.0 Å². The van der Waals surface area contributed by atoms with Crippen LogP contribution < -0.4 is 15.4 Å². The lowest BCUT2D eigenvalue weighted by atomic mass is 10.3. The van der Waals surface area contributed by atoms with Crippen LogP contribution in [0.15, 0.2) is 95.9 Å². The van der Waals surface area contributed by atoms with Crippen LogP contribution in [0.1, 0.15) is 0 Å². The lowest BCUT2D eigenvalue weighted by molar-refractivity contribution is 0.414. The van der Waals surface area contributed by atoms with Gasteiger partial charge in [0.05, 0.1) is 12.0 Å². The molecule has 1 heterocycles. The van der Waals surface area contributed by atoms with Gasteiger partial charge >= 0.3 is 0 Å². The summed E-state index contributed by atoms with van der Waals surface area (Å²) in [5, 5.41) is 10.6. The van der Waals surface area contributed by atoms with Crippen molar-refractivity contribution in [2.45, 2.75) is 4.90 Å². The van der Waals surface area contributed by atoms with Gasteiger partial charge in [-0.1, -0.05) is 36.4 Å². The zero-order valence-corrected chi connectivity index (χ0v) is 17.0. The summed E-state index contributed by atoms with van der Waals surface area (Å²) in [5.41, 5.74) is 1.55. The maximum atomic E-state index is 13.3. The van der Waals surface area contributed by atoms with Gasteiger partial charge in [0.25, 0.3) is 10.0 Å². The maximum Gasteiger partial charge on any atom is 0.284 e. The Bertz CT molecular complexity index is 1220. The van der Waals surface area contributed by atoms with Gasteiger partial charge in [-0.05, 0) is 48.5 Å². The number of anilines is 4. The number of ether oxygens (including phenoxy) is 1. The van der Waals surface area contributed by atoms with Crippen molar-refractivity contribution in [3.63, 3.8) is 0 Å². The van der Waals surface area contributed by atoms with E-state index in [1.54, 1.807) is 18.2 Å². The molecule has 0 unspecified atom stereocenters. The minimum Gasteiger partial charge on any atom is -0.497 e. The Morgan fingerprint density at radius 3 is 1.93 bits per heavy atom. The molecular formula is C22H20N4O3S. The molecule has 30 heavy (non-hydrogen) atoms. The number of nitrogens with one attached hydrogen (secondary N) is 2. The lowest BCUT2D eigenvalue weighted by Gasteiger charge is -2.11. The van der Waals surface area contributed by atoms with E-state index in [1.165, 1.54) is 19.2 Å². The molecule has 4 aromatic rings. The fraction of sp³-hybridized carbons (Fsp3) is 0.0455. The Hall–Kier alpha value is -3.78. The Kier molecular flexibility index (Phi) is 5.40. The highest BCUT2D eigenvalue weighted by atomic mass is 32.2. The van der Waals surface area contributed by atoms with Crippen LogP contribution in [0.25, 0.3) is 0 Å². The van der Waals surface area contributed by atoms with Crippen molar-refractivity contribution in [1.29, 1.82) is 0 Å². The van der Waals surface area contributed by atoms with Gasteiger partial charge in [0.15, 0.2) is 5.82 Å². The first kappa shape index (κ1) is 19.5. The molecule has 0 radical (unpaired) electrons. The summed E-state index contributed by atoms with van der Waals surface area (Å²) in [7, 11) is -2.41. The summed E-state index contributed by atoms with van der Waals surface area (Å²) in [6.07, 6.45) is 0. The fourth-order valence-electron chi connectivity index (χ4n) is 2.88. The molecule has 8 heteroatoms. The van der Waals surface area contributed by atoms with Gasteiger partial charge in [-0.3, -0.25) is 0 Å². The minimum absolute atomic E-state index is 0.105. The Labute approximate surface area is 175 Å². The number of benzene rings is 3. The number of hydrogen-bond donors (Lipinski definition) is 2. The molecule has 0 spiro atoms. The van der Waals surface area contributed by atoms with Gasteiger partial charge in [0.1, 0.15) is 11.6 Å². The minimum atomic E-state index is -3.94. The zero-order valence-electron chi connectivity index (χ0n) is 16.2.